The van der Waals surface area contributed by atoms with Crippen LogP contribution in [0.25, 0.3) is 0 Å². The highest BCUT2D eigenvalue weighted by Crippen LogP contribution is 2.56. The van der Waals surface area contributed by atoms with Crippen molar-refractivity contribution in [1.29, 1.82) is 0 Å². The molecule has 6 nitrogen and oxygen atoms in total. The lowest BCUT2D eigenvalue weighted by Crippen LogP contribution is -2.58. The fourth-order valence-corrected chi connectivity index (χ4v) is 6.05. The van der Waals surface area contributed by atoms with Crippen molar-refractivity contribution in [3.63, 3.8) is 0 Å². The van der Waals surface area contributed by atoms with Gasteiger partial charge in [-0.2, -0.15) is 0 Å². The predicted octanol–water partition coefficient (Wildman–Crippen LogP) is 2.34. The summed E-state index contributed by atoms with van der Waals surface area (Å²) in [5, 5.41) is 3.08. The van der Waals surface area contributed by atoms with Crippen LogP contribution in [0.2, 0.25) is 0 Å². The van der Waals surface area contributed by atoms with Crippen LogP contribution in [0, 0.1) is 5.92 Å². The molecule has 29 heavy (non-hydrogen) atoms. The van der Waals surface area contributed by atoms with E-state index >= 15 is 0 Å². The molecule has 4 aliphatic rings. The molecule has 148 valence electrons. The lowest BCUT2D eigenvalue weighted by molar-refractivity contribution is -0.148. The monoisotopic (exact) mass is 388 g/mol. The standard InChI is InChI=1S/C23H24N4O2/c28-21(26-13-15(14-26)19-8-3-4-10-24-19)18-12-16-6-5-11-27(16)23(18)17-7-1-2-9-20(17)25-22(23)29/h1-4,7-10,15-16,18H,5-6,11-14H2,(H,25,29)/t16-,18+,23+/m1/s1. The summed E-state index contributed by atoms with van der Waals surface area (Å²) < 4.78 is 0. The average Bonchev–Trinajstić information content (AvgIpc) is 3.36. The van der Waals surface area contributed by atoms with E-state index in [4.69, 9.17) is 0 Å². The van der Waals surface area contributed by atoms with Crippen molar-refractivity contribution in [2.45, 2.75) is 36.8 Å². The van der Waals surface area contributed by atoms with Gasteiger partial charge in [-0.05, 0) is 44.0 Å². The minimum absolute atomic E-state index is 0.0248. The molecule has 6 rings (SSSR count). The van der Waals surface area contributed by atoms with Crippen molar-refractivity contribution in [1.82, 2.24) is 14.8 Å². The molecule has 0 saturated carbocycles. The molecule has 2 amide bonds. The number of nitrogens with one attached hydrogen (secondary N) is 1. The molecule has 1 N–H and O–H groups in total. The Morgan fingerprint density at radius 1 is 1.14 bits per heavy atom. The van der Waals surface area contributed by atoms with Crippen molar-refractivity contribution in [2.24, 2.45) is 5.92 Å². The van der Waals surface area contributed by atoms with Gasteiger partial charge in [0.15, 0.2) is 0 Å². The van der Waals surface area contributed by atoms with Gasteiger partial charge in [-0.15, -0.1) is 0 Å². The second-order valence-corrected chi connectivity index (χ2v) is 8.74. The summed E-state index contributed by atoms with van der Waals surface area (Å²) >= 11 is 0. The van der Waals surface area contributed by atoms with Crippen LogP contribution in [-0.4, -0.2) is 52.3 Å². The fraction of sp³-hybridized carbons (Fsp3) is 0.435. The van der Waals surface area contributed by atoms with Crippen LogP contribution in [-0.2, 0) is 15.1 Å². The van der Waals surface area contributed by atoms with Crippen LogP contribution < -0.4 is 5.32 Å². The molecule has 3 atom stereocenters. The summed E-state index contributed by atoms with van der Waals surface area (Å²) in [7, 11) is 0. The third kappa shape index (κ3) is 2.23. The molecule has 0 aliphatic carbocycles. The molecule has 4 aliphatic heterocycles. The van der Waals surface area contributed by atoms with Crippen LogP contribution in [0.4, 0.5) is 5.69 Å². The molecule has 0 unspecified atom stereocenters. The van der Waals surface area contributed by atoms with Crippen LogP contribution in [0.5, 0.6) is 0 Å². The van der Waals surface area contributed by atoms with Gasteiger partial charge in [-0.3, -0.25) is 19.5 Å². The molecule has 3 fully saturated rings. The SMILES string of the molecule is O=C([C@@H]1C[C@H]2CCCN2[C@]12C(=O)Nc1ccccc12)N1CC(c2ccccn2)C1. The van der Waals surface area contributed by atoms with Gasteiger partial charge in [-0.1, -0.05) is 24.3 Å². The Bertz CT molecular complexity index is 987. The van der Waals surface area contributed by atoms with Gasteiger partial charge >= 0.3 is 0 Å². The minimum Gasteiger partial charge on any atom is -0.341 e. The van der Waals surface area contributed by atoms with Crippen LogP contribution in [0.1, 0.15) is 36.4 Å². The molecule has 6 heteroatoms. The topological polar surface area (TPSA) is 65.5 Å². The Kier molecular flexibility index (Phi) is 3.63. The first kappa shape index (κ1) is 17.2. The van der Waals surface area contributed by atoms with Crippen molar-refractivity contribution in [2.75, 3.05) is 25.0 Å². The van der Waals surface area contributed by atoms with Gasteiger partial charge in [0.1, 0.15) is 5.54 Å². The van der Waals surface area contributed by atoms with Crippen LogP contribution in [0.15, 0.2) is 48.7 Å². The van der Waals surface area contributed by atoms with Crippen molar-refractivity contribution >= 4 is 17.5 Å². The predicted molar refractivity (Wildman–Crippen MR) is 108 cm³/mol. The first-order valence-electron chi connectivity index (χ1n) is 10.6. The fourth-order valence-electron chi connectivity index (χ4n) is 6.05. The summed E-state index contributed by atoms with van der Waals surface area (Å²) in [4.78, 5) is 35.7. The molecular formula is C23H24N4O2. The summed E-state index contributed by atoms with van der Waals surface area (Å²) in [6, 6.07) is 14.2. The first-order valence-corrected chi connectivity index (χ1v) is 10.6. The Hall–Kier alpha value is -2.73. The Labute approximate surface area is 169 Å². The third-order valence-corrected chi connectivity index (χ3v) is 7.37. The number of para-hydroxylation sites is 1. The number of nitrogens with zero attached hydrogens (tertiary/aromatic N) is 3. The molecule has 1 spiro atoms. The summed E-state index contributed by atoms with van der Waals surface area (Å²) in [5.41, 5.74) is 2.04. The van der Waals surface area contributed by atoms with E-state index in [1.54, 1.807) is 6.20 Å². The number of amides is 2. The molecule has 1 aromatic carbocycles. The minimum atomic E-state index is -0.842. The molecule has 5 heterocycles. The first-order chi connectivity index (χ1) is 14.2. The second-order valence-electron chi connectivity index (χ2n) is 8.74. The number of rotatable bonds is 2. The highest BCUT2D eigenvalue weighted by Gasteiger charge is 2.66. The van der Waals surface area contributed by atoms with Gasteiger partial charge in [0.05, 0.1) is 5.92 Å². The zero-order valence-corrected chi connectivity index (χ0v) is 16.3. The molecule has 2 aromatic rings. The number of carbonyl (C=O) groups is 2. The molecule has 0 radical (unpaired) electrons. The quantitative estimate of drug-likeness (QED) is 0.858. The number of hydrogen-bond donors (Lipinski definition) is 1. The number of fused-ring (bicyclic) bond motifs is 4. The molecular weight excluding hydrogens is 364 g/mol. The van der Waals surface area contributed by atoms with E-state index in [0.717, 1.165) is 42.8 Å². The van der Waals surface area contributed by atoms with Crippen molar-refractivity contribution in [3.05, 3.63) is 59.9 Å². The van der Waals surface area contributed by atoms with E-state index in [-0.39, 0.29) is 17.7 Å². The lowest BCUT2D eigenvalue weighted by Gasteiger charge is -2.43. The average molecular weight is 388 g/mol. The van der Waals surface area contributed by atoms with E-state index in [9.17, 15) is 9.59 Å². The van der Waals surface area contributed by atoms with Crippen molar-refractivity contribution in [3.8, 4) is 0 Å². The molecule has 0 bridgehead atoms. The number of likely N-dealkylation sites (tertiary alicyclic amines) is 1. The molecule has 3 saturated heterocycles. The zero-order valence-electron chi connectivity index (χ0n) is 16.3. The summed E-state index contributed by atoms with van der Waals surface area (Å²) in [5.74, 6) is 0.0739. The lowest BCUT2D eigenvalue weighted by atomic mass is 9.77. The van der Waals surface area contributed by atoms with Gasteiger partial charge in [0.25, 0.3) is 0 Å². The highest BCUT2D eigenvalue weighted by molar-refractivity contribution is 6.09. The Morgan fingerprint density at radius 3 is 2.79 bits per heavy atom. The maximum atomic E-state index is 13.7. The maximum Gasteiger partial charge on any atom is 0.250 e. The van der Waals surface area contributed by atoms with E-state index in [2.05, 4.69) is 15.2 Å². The number of anilines is 1. The number of hydrogen-bond acceptors (Lipinski definition) is 4. The Morgan fingerprint density at radius 2 is 1.97 bits per heavy atom. The second kappa shape index (κ2) is 6.13. The van der Waals surface area contributed by atoms with E-state index < -0.39 is 5.54 Å². The van der Waals surface area contributed by atoms with Gasteiger partial charge in [-0.25, -0.2) is 0 Å². The van der Waals surface area contributed by atoms with E-state index in [0.29, 0.717) is 25.0 Å². The van der Waals surface area contributed by atoms with Crippen molar-refractivity contribution < 1.29 is 9.59 Å². The van der Waals surface area contributed by atoms with Gasteiger partial charge < -0.3 is 10.2 Å². The smallest absolute Gasteiger partial charge is 0.250 e. The Balaban J connectivity index is 1.33. The normalized spacial score (nSPS) is 30.9. The largest absolute Gasteiger partial charge is 0.341 e. The molecule has 1 aromatic heterocycles. The van der Waals surface area contributed by atoms with E-state index in [1.807, 2.05) is 47.4 Å². The number of aromatic nitrogens is 1. The number of carbonyl (C=O) groups excluding carboxylic acids is 2. The third-order valence-electron chi connectivity index (χ3n) is 7.37. The summed E-state index contributed by atoms with van der Waals surface area (Å²) in [6.07, 6.45) is 4.73. The van der Waals surface area contributed by atoms with Crippen LogP contribution >= 0.6 is 0 Å². The highest BCUT2D eigenvalue weighted by atomic mass is 16.2. The summed E-state index contributed by atoms with van der Waals surface area (Å²) in [6.45, 7) is 2.26. The van der Waals surface area contributed by atoms with Gasteiger partial charge in [0, 0.05) is 48.2 Å². The van der Waals surface area contributed by atoms with E-state index in [1.165, 1.54) is 0 Å². The maximum absolute atomic E-state index is 13.7. The van der Waals surface area contributed by atoms with Gasteiger partial charge in [0.2, 0.25) is 11.8 Å². The number of pyridine rings is 1. The van der Waals surface area contributed by atoms with Crippen LogP contribution in [0.3, 0.4) is 0 Å². The zero-order chi connectivity index (χ0) is 19.6. The number of benzene rings is 1.